The summed E-state index contributed by atoms with van der Waals surface area (Å²) in [5.41, 5.74) is 0. The van der Waals surface area contributed by atoms with E-state index in [9.17, 15) is 0 Å². The zero-order valence-electron chi connectivity index (χ0n) is 9.91. The van der Waals surface area contributed by atoms with Crippen LogP contribution in [0.4, 0.5) is 0 Å². The summed E-state index contributed by atoms with van der Waals surface area (Å²) in [5.74, 6) is 2.67. The maximum atomic E-state index is 6.03. The minimum atomic E-state index is 0.478. The molecule has 15 heavy (non-hydrogen) atoms. The molecule has 3 unspecified atom stereocenters. The summed E-state index contributed by atoms with van der Waals surface area (Å²) in [6.07, 6.45) is 12.2. The predicted molar refractivity (Wildman–Crippen MR) is 66.5 cm³/mol. The van der Waals surface area contributed by atoms with Crippen LogP contribution in [0.3, 0.4) is 0 Å². The minimum absolute atomic E-state index is 0.478. The van der Waals surface area contributed by atoms with Gasteiger partial charge in [-0.05, 0) is 49.6 Å². The first-order valence-corrected chi connectivity index (χ1v) is 6.33. The summed E-state index contributed by atoms with van der Waals surface area (Å²) >= 11 is 0. The molecule has 3 atom stereocenters. The second-order valence-electron chi connectivity index (χ2n) is 5.03. The van der Waals surface area contributed by atoms with Crippen LogP contribution in [0.15, 0.2) is 24.0 Å². The number of rotatable bonds is 3. The molecule has 0 aromatic carbocycles. The second-order valence-corrected chi connectivity index (χ2v) is 5.03. The Morgan fingerprint density at radius 1 is 1.40 bits per heavy atom. The highest BCUT2D eigenvalue weighted by atomic mass is 16.5. The van der Waals surface area contributed by atoms with Crippen LogP contribution >= 0.6 is 0 Å². The molecule has 1 saturated carbocycles. The molecule has 1 nitrogen and oxygen atoms in total. The van der Waals surface area contributed by atoms with Gasteiger partial charge < -0.3 is 4.74 Å². The van der Waals surface area contributed by atoms with Gasteiger partial charge in [0.1, 0.15) is 13.0 Å². The van der Waals surface area contributed by atoms with Gasteiger partial charge in [-0.2, -0.15) is 0 Å². The van der Waals surface area contributed by atoms with Crippen molar-refractivity contribution in [2.45, 2.75) is 51.4 Å². The van der Waals surface area contributed by atoms with Gasteiger partial charge in [0.05, 0.1) is 6.10 Å². The van der Waals surface area contributed by atoms with Crippen molar-refractivity contribution in [2.75, 3.05) is 0 Å². The maximum absolute atomic E-state index is 6.03. The molecule has 0 saturated heterocycles. The molecule has 0 aromatic heterocycles. The molecule has 0 aromatic rings. The molecule has 0 amide bonds. The Balaban J connectivity index is 1.88. The van der Waals surface area contributed by atoms with Crippen LogP contribution in [-0.2, 0) is 4.74 Å². The van der Waals surface area contributed by atoms with E-state index in [1.165, 1.54) is 33.0 Å². The van der Waals surface area contributed by atoms with E-state index in [1.807, 2.05) is 0 Å². The zero-order chi connectivity index (χ0) is 10.7. The van der Waals surface area contributed by atoms with Crippen LogP contribution in [0.25, 0.3) is 0 Å². The lowest BCUT2D eigenvalue weighted by Crippen LogP contribution is -2.10. The summed E-state index contributed by atoms with van der Waals surface area (Å²) in [7, 11) is 1.22. The van der Waals surface area contributed by atoms with E-state index in [1.54, 1.807) is 0 Å². The van der Waals surface area contributed by atoms with E-state index in [2.05, 4.69) is 32.0 Å². The molecule has 0 spiro atoms. The molecule has 2 rings (SSSR count). The monoisotopic (exact) mass is 204 g/mol. The predicted octanol–water partition coefficient (Wildman–Crippen LogP) is 3.31. The second kappa shape index (κ2) is 4.91. The lowest BCUT2D eigenvalue weighted by atomic mass is 9.64. The van der Waals surface area contributed by atoms with Gasteiger partial charge in [0.25, 0.3) is 0 Å². The van der Waals surface area contributed by atoms with E-state index >= 15 is 0 Å². The van der Waals surface area contributed by atoms with Crippen LogP contribution in [0.1, 0.15) is 32.6 Å². The lowest BCUT2D eigenvalue weighted by Gasteiger charge is -2.19. The van der Waals surface area contributed by atoms with Crippen molar-refractivity contribution in [3.05, 3.63) is 24.0 Å². The van der Waals surface area contributed by atoms with Crippen LogP contribution in [0, 0.1) is 5.92 Å². The van der Waals surface area contributed by atoms with Gasteiger partial charge in [0, 0.05) is 0 Å². The Kier molecular flexibility index (Phi) is 3.55. The first kappa shape index (κ1) is 10.8. The Morgan fingerprint density at radius 2 is 2.27 bits per heavy atom. The molecule has 2 aliphatic carbocycles. The van der Waals surface area contributed by atoms with Crippen LogP contribution in [0.5, 0.6) is 0 Å². The van der Waals surface area contributed by atoms with Gasteiger partial charge in [-0.15, -0.1) is 0 Å². The van der Waals surface area contributed by atoms with E-state index in [0.29, 0.717) is 11.9 Å². The van der Waals surface area contributed by atoms with Crippen molar-refractivity contribution in [3.8, 4) is 0 Å². The third-order valence-corrected chi connectivity index (χ3v) is 3.59. The molecule has 2 aliphatic rings. The lowest BCUT2D eigenvalue weighted by molar-refractivity contribution is 0.127. The van der Waals surface area contributed by atoms with E-state index < -0.39 is 0 Å². The molecule has 0 heterocycles. The maximum Gasteiger partial charge on any atom is 0.126 e. The standard InChI is InChI=1S/C13H21BO/c1-10-6-7-13(8-10)15-12-5-3-4-11(9-12)14-2/h3,5,9-11,13-14H,4,6-8H2,1-2H3. The molecule has 2 heteroatoms. The zero-order valence-corrected chi connectivity index (χ0v) is 9.91. The molecule has 0 bridgehead atoms. The average Bonchev–Trinajstić information content (AvgIpc) is 2.64. The summed E-state index contributed by atoms with van der Waals surface area (Å²) in [5, 5.41) is 0. The van der Waals surface area contributed by atoms with Gasteiger partial charge in [0.2, 0.25) is 0 Å². The normalized spacial score (nSPS) is 35.1. The summed E-state index contributed by atoms with van der Waals surface area (Å²) in [6, 6.07) is 0. The van der Waals surface area contributed by atoms with Gasteiger partial charge in [-0.25, -0.2) is 0 Å². The highest BCUT2D eigenvalue weighted by molar-refractivity contribution is 6.36. The highest BCUT2D eigenvalue weighted by Crippen LogP contribution is 2.30. The average molecular weight is 204 g/mol. The largest absolute Gasteiger partial charge is 0.491 e. The molecular formula is C13H21BO. The first-order chi connectivity index (χ1) is 7.28. The van der Waals surface area contributed by atoms with Crippen molar-refractivity contribution < 1.29 is 4.74 Å². The van der Waals surface area contributed by atoms with Gasteiger partial charge >= 0.3 is 0 Å². The SMILES string of the molecule is CBC1C=C(OC2CCC(C)C2)C=CC1. The van der Waals surface area contributed by atoms with Gasteiger partial charge in [-0.3, -0.25) is 0 Å². The van der Waals surface area contributed by atoms with Gasteiger partial charge in [-0.1, -0.05) is 19.8 Å². The van der Waals surface area contributed by atoms with E-state index in [-0.39, 0.29) is 0 Å². The molecule has 0 N–H and O–H groups in total. The smallest absolute Gasteiger partial charge is 0.126 e. The minimum Gasteiger partial charge on any atom is -0.491 e. The van der Waals surface area contributed by atoms with E-state index in [0.717, 1.165) is 11.7 Å². The van der Waals surface area contributed by atoms with Crippen molar-refractivity contribution in [1.29, 1.82) is 0 Å². The third-order valence-electron chi connectivity index (χ3n) is 3.59. The topological polar surface area (TPSA) is 9.23 Å². The quantitative estimate of drug-likeness (QED) is 0.641. The van der Waals surface area contributed by atoms with Crippen molar-refractivity contribution in [3.63, 3.8) is 0 Å². The third kappa shape index (κ3) is 2.90. The fraction of sp³-hybridized carbons (Fsp3) is 0.692. The number of hydrogen-bond acceptors (Lipinski definition) is 1. The Bertz CT molecular complexity index is 270. The molecule has 1 fully saturated rings. The number of allylic oxidation sites excluding steroid dienone is 3. The highest BCUT2D eigenvalue weighted by Gasteiger charge is 2.23. The number of ether oxygens (including phenoxy) is 1. The first-order valence-electron chi connectivity index (χ1n) is 6.33. The van der Waals surface area contributed by atoms with Crippen LogP contribution in [-0.4, -0.2) is 13.4 Å². The van der Waals surface area contributed by atoms with Crippen molar-refractivity contribution >= 4 is 7.28 Å². The van der Waals surface area contributed by atoms with Crippen LogP contribution in [0.2, 0.25) is 12.6 Å². The molecular weight excluding hydrogens is 183 g/mol. The van der Waals surface area contributed by atoms with E-state index in [4.69, 9.17) is 4.74 Å². The molecule has 0 radical (unpaired) electrons. The molecule has 82 valence electrons. The number of hydrogen-bond donors (Lipinski definition) is 0. The van der Waals surface area contributed by atoms with Gasteiger partial charge in [0.15, 0.2) is 0 Å². The molecule has 0 aliphatic heterocycles. The van der Waals surface area contributed by atoms with Crippen molar-refractivity contribution in [1.82, 2.24) is 0 Å². The Morgan fingerprint density at radius 3 is 2.93 bits per heavy atom. The summed E-state index contributed by atoms with van der Waals surface area (Å²) in [6.45, 7) is 4.57. The fourth-order valence-electron chi connectivity index (χ4n) is 2.53. The summed E-state index contributed by atoms with van der Waals surface area (Å²) in [4.78, 5) is 0. The fourth-order valence-corrected chi connectivity index (χ4v) is 2.53. The van der Waals surface area contributed by atoms with Crippen LogP contribution < -0.4 is 0 Å². The summed E-state index contributed by atoms with van der Waals surface area (Å²) < 4.78 is 6.03. The Labute approximate surface area is 93.8 Å². The van der Waals surface area contributed by atoms with Crippen molar-refractivity contribution in [2.24, 2.45) is 5.92 Å². The Hall–Kier alpha value is -0.655.